The number of rotatable bonds is 8. The molecule has 13 heteroatoms. The standard InChI is InChI=1S/C46H60N6O7/c1-10-34(40(47-11-2)28(5)58-9)42-36-25-46(7,8)26-59-45(57)37-14-13-18-52(49-37)44(56)38(48-43(55)41-27(4)17-19-51(41)29(6)53)22-30-20-32(23-33(54)21-30)31-15-16-39(35(36)24-31)50(42)12-3/h10-11,15-16,20-21,23-24,27-28,37-38,41,49,54H,1,12-14,17-19,22,25-26H2,2-9H3,(H,48,55)/b40-34+,47-11-/t27-,28-,37-,38-,41-/m0/s1. The maximum atomic E-state index is 14.4. The van der Waals surface area contributed by atoms with E-state index in [-0.39, 0.29) is 36.7 Å². The number of nitrogens with zero attached hydrogens (tertiary/aromatic N) is 4. The van der Waals surface area contributed by atoms with Crippen molar-refractivity contribution in [2.45, 2.75) is 111 Å². The molecule has 13 nitrogen and oxygen atoms in total. The molecule has 3 aliphatic rings. The average molecular weight is 809 g/mol. The Kier molecular flexibility index (Phi) is 13.2. The van der Waals surface area contributed by atoms with Gasteiger partial charge in [0.1, 0.15) is 23.9 Å². The van der Waals surface area contributed by atoms with Gasteiger partial charge >= 0.3 is 5.97 Å². The molecule has 3 aliphatic heterocycles. The lowest BCUT2D eigenvalue weighted by molar-refractivity contribution is -0.155. The lowest BCUT2D eigenvalue weighted by Crippen LogP contribution is -2.61. The second-order valence-corrected chi connectivity index (χ2v) is 16.9. The monoisotopic (exact) mass is 808 g/mol. The Morgan fingerprint density at radius 2 is 1.92 bits per heavy atom. The molecule has 2 saturated heterocycles. The lowest BCUT2D eigenvalue weighted by atomic mass is 9.84. The number of aromatic nitrogens is 1. The van der Waals surface area contributed by atoms with E-state index in [2.05, 4.69) is 54.8 Å². The fourth-order valence-corrected chi connectivity index (χ4v) is 8.94. The summed E-state index contributed by atoms with van der Waals surface area (Å²) in [4.78, 5) is 61.1. The summed E-state index contributed by atoms with van der Waals surface area (Å²) in [5, 5.41) is 16.6. The van der Waals surface area contributed by atoms with Gasteiger partial charge in [0.2, 0.25) is 11.8 Å². The van der Waals surface area contributed by atoms with Crippen LogP contribution in [0, 0.1) is 11.3 Å². The number of esters is 1. The molecule has 1 aromatic heterocycles. The van der Waals surface area contributed by atoms with Crippen molar-refractivity contribution in [3.8, 4) is 16.9 Å². The first-order valence-electron chi connectivity index (χ1n) is 20.8. The van der Waals surface area contributed by atoms with E-state index in [0.29, 0.717) is 50.9 Å². The summed E-state index contributed by atoms with van der Waals surface area (Å²) in [7, 11) is 1.66. The Hall–Kier alpha value is -5.27. The number of ether oxygens (including phenoxy) is 2. The molecular formula is C46H60N6O7. The van der Waals surface area contributed by atoms with Crippen molar-refractivity contribution >= 4 is 46.4 Å². The van der Waals surface area contributed by atoms with Gasteiger partial charge in [-0.2, -0.15) is 0 Å². The van der Waals surface area contributed by atoms with Crippen LogP contribution >= 0.6 is 0 Å². The minimum Gasteiger partial charge on any atom is -0.508 e. The van der Waals surface area contributed by atoms with Crippen LogP contribution in [0.25, 0.3) is 27.6 Å². The highest BCUT2D eigenvalue weighted by molar-refractivity contribution is 5.96. The molecule has 0 spiro atoms. The molecule has 316 valence electrons. The van der Waals surface area contributed by atoms with E-state index in [1.165, 1.54) is 11.9 Å². The molecule has 3 aromatic rings. The number of aliphatic imine (C=N–C) groups is 1. The van der Waals surface area contributed by atoms with E-state index in [4.69, 9.17) is 14.5 Å². The molecule has 6 bridgehead atoms. The van der Waals surface area contributed by atoms with E-state index in [1.54, 1.807) is 30.4 Å². The first-order chi connectivity index (χ1) is 28.1. The van der Waals surface area contributed by atoms with Crippen molar-refractivity contribution < 1.29 is 33.8 Å². The number of aryl methyl sites for hydroxylation is 1. The Labute approximate surface area is 347 Å². The van der Waals surface area contributed by atoms with E-state index < -0.39 is 41.3 Å². The van der Waals surface area contributed by atoms with Crippen LogP contribution in [-0.4, -0.2) is 101 Å². The number of hydrogen-bond donors (Lipinski definition) is 3. The van der Waals surface area contributed by atoms with Crippen molar-refractivity contribution in [1.29, 1.82) is 0 Å². The van der Waals surface area contributed by atoms with Crippen LogP contribution in [0.15, 0.2) is 59.7 Å². The van der Waals surface area contributed by atoms with E-state index in [9.17, 15) is 24.3 Å². The third-order valence-corrected chi connectivity index (χ3v) is 12.0. The fraction of sp³-hybridized carbons (Fsp3) is 0.500. The van der Waals surface area contributed by atoms with Gasteiger partial charge in [-0.3, -0.25) is 29.2 Å². The number of benzene rings is 2. The zero-order valence-electron chi connectivity index (χ0n) is 35.8. The van der Waals surface area contributed by atoms with Crippen LogP contribution in [0.3, 0.4) is 0 Å². The molecule has 4 heterocycles. The SMILES string of the molecule is C=C/C(=C(\N=C/C)[C@H](C)OC)c1c2c3cc(ccc3n1CC)-c1cc(O)cc(c1)C[C@H](NC(=O)[C@@H]1[C@@H](C)CCN1C(C)=O)C(=O)N1CCC[C@H](N1)C(=O)OCC(C)(C)C2. The van der Waals surface area contributed by atoms with Gasteiger partial charge in [-0.1, -0.05) is 45.6 Å². The van der Waals surface area contributed by atoms with Gasteiger partial charge in [-0.25, -0.2) is 5.43 Å². The number of carbonyl (C=O) groups excluding carboxylic acids is 4. The molecule has 5 atom stereocenters. The molecule has 0 unspecified atom stereocenters. The predicted molar refractivity (Wildman–Crippen MR) is 229 cm³/mol. The largest absolute Gasteiger partial charge is 0.508 e. The first kappa shape index (κ1) is 43.3. The van der Waals surface area contributed by atoms with Crippen LogP contribution in [0.5, 0.6) is 5.75 Å². The zero-order chi connectivity index (χ0) is 42.8. The van der Waals surface area contributed by atoms with E-state index >= 15 is 0 Å². The minimum absolute atomic E-state index is 0.0104. The van der Waals surface area contributed by atoms with E-state index in [0.717, 1.165) is 44.6 Å². The van der Waals surface area contributed by atoms with Crippen molar-refractivity contribution in [3.05, 3.63) is 71.6 Å². The van der Waals surface area contributed by atoms with Gasteiger partial charge in [0, 0.05) is 68.2 Å². The number of hydrogen-bond acceptors (Lipinski definition) is 9. The number of cyclic esters (lactones) is 1. The minimum atomic E-state index is -1.08. The van der Waals surface area contributed by atoms with Crippen LogP contribution in [-0.2, 0) is 48.0 Å². The molecule has 3 N–H and O–H groups in total. The topological polar surface area (TPSA) is 155 Å². The smallest absolute Gasteiger partial charge is 0.324 e. The Morgan fingerprint density at radius 1 is 1.15 bits per heavy atom. The number of likely N-dealkylation sites (tertiary alicyclic amines) is 1. The average Bonchev–Trinajstić information content (AvgIpc) is 3.75. The number of methoxy groups -OCH3 is 1. The van der Waals surface area contributed by atoms with Gasteiger partial charge in [0.05, 0.1) is 24.1 Å². The summed E-state index contributed by atoms with van der Waals surface area (Å²) in [5.41, 5.74) is 9.31. The van der Waals surface area contributed by atoms with Crippen LogP contribution in [0.1, 0.15) is 84.5 Å². The Bertz CT molecular complexity index is 2190. The maximum absolute atomic E-state index is 14.4. The highest BCUT2D eigenvalue weighted by Crippen LogP contribution is 2.40. The molecule has 0 radical (unpaired) electrons. The summed E-state index contributed by atoms with van der Waals surface area (Å²) in [6, 6.07) is 8.87. The summed E-state index contributed by atoms with van der Waals surface area (Å²) >= 11 is 0. The summed E-state index contributed by atoms with van der Waals surface area (Å²) in [5.74, 6) is -1.62. The molecule has 3 amide bonds. The second kappa shape index (κ2) is 17.9. The van der Waals surface area contributed by atoms with Crippen LogP contribution in [0.4, 0.5) is 0 Å². The van der Waals surface area contributed by atoms with Gasteiger partial charge < -0.3 is 29.4 Å². The van der Waals surface area contributed by atoms with Crippen LogP contribution < -0.4 is 10.7 Å². The fourth-order valence-electron chi connectivity index (χ4n) is 8.94. The molecular weight excluding hydrogens is 749 g/mol. The second-order valence-electron chi connectivity index (χ2n) is 16.9. The Morgan fingerprint density at radius 3 is 2.59 bits per heavy atom. The summed E-state index contributed by atoms with van der Waals surface area (Å²) in [6.07, 6.45) is 5.50. The maximum Gasteiger partial charge on any atom is 0.324 e. The van der Waals surface area contributed by atoms with E-state index in [1.807, 2.05) is 39.0 Å². The highest BCUT2D eigenvalue weighted by Gasteiger charge is 2.41. The summed E-state index contributed by atoms with van der Waals surface area (Å²) < 4.78 is 14.1. The number of nitrogens with one attached hydrogen (secondary N) is 2. The number of aromatic hydroxyl groups is 1. The third-order valence-electron chi connectivity index (χ3n) is 12.0. The molecule has 6 rings (SSSR count). The highest BCUT2D eigenvalue weighted by atomic mass is 16.5. The van der Waals surface area contributed by atoms with Crippen molar-refractivity contribution in [2.75, 3.05) is 26.8 Å². The van der Waals surface area contributed by atoms with Crippen molar-refractivity contribution in [1.82, 2.24) is 25.2 Å². The Balaban J connectivity index is 1.54. The van der Waals surface area contributed by atoms with Crippen molar-refractivity contribution in [3.63, 3.8) is 0 Å². The first-order valence-corrected chi connectivity index (χ1v) is 20.8. The number of amides is 3. The summed E-state index contributed by atoms with van der Waals surface area (Å²) in [6.45, 7) is 19.2. The quantitative estimate of drug-likeness (QED) is 0.143. The normalized spacial score (nSPS) is 23.5. The molecule has 2 fully saturated rings. The molecule has 2 aromatic carbocycles. The van der Waals surface area contributed by atoms with Gasteiger partial charge in [-0.15, -0.1) is 0 Å². The molecule has 59 heavy (non-hydrogen) atoms. The number of hydrazine groups is 1. The number of fused-ring (bicyclic) bond motifs is 6. The number of phenols is 1. The number of allylic oxidation sites excluding steroid dienone is 2. The predicted octanol–water partition coefficient (Wildman–Crippen LogP) is 5.96. The van der Waals surface area contributed by atoms with Crippen molar-refractivity contribution in [2.24, 2.45) is 16.3 Å². The third kappa shape index (κ3) is 9.01. The van der Waals surface area contributed by atoms with Crippen LogP contribution in [0.2, 0.25) is 0 Å². The zero-order valence-corrected chi connectivity index (χ0v) is 35.8. The van der Waals surface area contributed by atoms with Gasteiger partial charge in [0.25, 0.3) is 5.91 Å². The lowest BCUT2D eigenvalue weighted by Gasteiger charge is -2.36. The number of carbonyl (C=O) groups is 4. The van der Waals surface area contributed by atoms with Gasteiger partial charge in [-0.05, 0) is 98.9 Å². The number of phenolic OH excluding ortho intramolecular Hbond substituents is 1. The van der Waals surface area contributed by atoms with Gasteiger partial charge in [0.15, 0.2) is 0 Å². The molecule has 0 saturated carbocycles. The molecule has 0 aliphatic carbocycles.